The van der Waals surface area contributed by atoms with Gasteiger partial charge in [0.15, 0.2) is 5.17 Å². The molecular weight excluding hydrogens is 472 g/mol. The molecule has 0 unspecified atom stereocenters. The molecule has 0 radical (unpaired) electrons. The first-order valence-corrected chi connectivity index (χ1v) is 12.8. The molecule has 0 aromatic heterocycles. The van der Waals surface area contributed by atoms with Gasteiger partial charge in [0, 0.05) is 18.5 Å². The van der Waals surface area contributed by atoms with Crippen LogP contribution in [0.3, 0.4) is 0 Å². The van der Waals surface area contributed by atoms with E-state index in [1.54, 1.807) is 24.3 Å². The smallest absolute Gasteiger partial charge is 0.262 e. The standard InChI is InChI=1S/C28H26N4O3S/c1-2-35-22-15-13-21(14-16-22)29-26(33)18-25-27(34)30-28(36-25)32-24(20-11-7-4-8-12-20)17-23(31-32)19-9-5-3-6-10-19/h3-16,24-25H,2,17-18H2,1H3,(H,29,33)/t24-,25+/m0/s1. The van der Waals surface area contributed by atoms with Gasteiger partial charge in [-0.15, -0.1) is 0 Å². The number of thioether (sulfide) groups is 1. The highest BCUT2D eigenvalue weighted by atomic mass is 32.2. The van der Waals surface area contributed by atoms with Gasteiger partial charge in [0.2, 0.25) is 5.91 Å². The van der Waals surface area contributed by atoms with E-state index in [-0.39, 0.29) is 24.3 Å². The third-order valence-corrected chi connectivity index (χ3v) is 7.09. The normalized spacial score (nSPS) is 19.1. The molecule has 7 nitrogen and oxygen atoms in total. The van der Waals surface area contributed by atoms with E-state index in [1.807, 2.05) is 60.5 Å². The van der Waals surface area contributed by atoms with E-state index >= 15 is 0 Å². The molecule has 0 bridgehead atoms. The number of hydrazone groups is 1. The van der Waals surface area contributed by atoms with Gasteiger partial charge in [-0.25, -0.2) is 5.01 Å². The van der Waals surface area contributed by atoms with E-state index in [9.17, 15) is 9.59 Å². The van der Waals surface area contributed by atoms with Crippen LogP contribution in [0.15, 0.2) is 95.0 Å². The molecule has 0 spiro atoms. The van der Waals surface area contributed by atoms with Crippen molar-refractivity contribution in [3.8, 4) is 5.75 Å². The van der Waals surface area contributed by atoms with Crippen molar-refractivity contribution < 1.29 is 14.3 Å². The minimum Gasteiger partial charge on any atom is -0.494 e. The molecule has 0 fully saturated rings. The summed E-state index contributed by atoms with van der Waals surface area (Å²) in [4.78, 5) is 29.7. The predicted octanol–water partition coefficient (Wildman–Crippen LogP) is 5.26. The second kappa shape index (κ2) is 10.8. The third kappa shape index (κ3) is 5.33. The number of aliphatic imine (C=N–C) groups is 1. The van der Waals surface area contributed by atoms with Crippen LogP contribution in [-0.2, 0) is 9.59 Å². The topological polar surface area (TPSA) is 83.4 Å². The van der Waals surface area contributed by atoms with Crippen molar-refractivity contribution in [2.45, 2.75) is 31.1 Å². The maximum absolute atomic E-state index is 12.8. The minimum atomic E-state index is -0.588. The molecule has 2 heterocycles. The second-order valence-corrected chi connectivity index (χ2v) is 9.61. The molecule has 2 aliphatic rings. The molecule has 2 aliphatic heterocycles. The molecule has 1 N–H and O–H groups in total. The maximum atomic E-state index is 12.8. The largest absolute Gasteiger partial charge is 0.494 e. The molecule has 2 atom stereocenters. The van der Waals surface area contributed by atoms with E-state index in [0.717, 1.165) is 22.6 Å². The van der Waals surface area contributed by atoms with Gasteiger partial charge in [-0.2, -0.15) is 10.1 Å². The van der Waals surface area contributed by atoms with E-state index in [0.29, 0.717) is 23.9 Å². The first-order chi connectivity index (χ1) is 17.6. The summed E-state index contributed by atoms with van der Waals surface area (Å²) in [6, 6.07) is 27.2. The van der Waals surface area contributed by atoms with Gasteiger partial charge >= 0.3 is 0 Å². The van der Waals surface area contributed by atoms with Crippen LogP contribution in [0.5, 0.6) is 5.75 Å². The third-order valence-electron chi connectivity index (χ3n) is 5.95. The molecular formula is C28H26N4O3S. The van der Waals surface area contributed by atoms with Crippen molar-refractivity contribution >= 4 is 40.1 Å². The highest BCUT2D eigenvalue weighted by molar-refractivity contribution is 8.15. The number of anilines is 1. The lowest BCUT2D eigenvalue weighted by molar-refractivity contribution is -0.121. The Kier molecular flexibility index (Phi) is 7.13. The van der Waals surface area contributed by atoms with Gasteiger partial charge in [-0.05, 0) is 42.3 Å². The fourth-order valence-electron chi connectivity index (χ4n) is 4.21. The molecule has 182 valence electrons. The van der Waals surface area contributed by atoms with Crippen LogP contribution in [0, 0.1) is 0 Å². The van der Waals surface area contributed by atoms with Crippen molar-refractivity contribution in [2.75, 3.05) is 11.9 Å². The first-order valence-electron chi connectivity index (χ1n) is 11.9. The number of nitrogens with one attached hydrogen (secondary N) is 1. The number of amides is 2. The number of amidine groups is 1. The van der Waals surface area contributed by atoms with Crippen LogP contribution in [0.4, 0.5) is 5.69 Å². The average Bonchev–Trinajstić information content (AvgIpc) is 3.50. The predicted molar refractivity (Wildman–Crippen MR) is 143 cm³/mol. The molecule has 5 rings (SSSR count). The van der Waals surface area contributed by atoms with E-state index in [1.165, 1.54) is 11.8 Å². The van der Waals surface area contributed by atoms with Crippen LogP contribution in [0.25, 0.3) is 0 Å². The molecule has 0 saturated heterocycles. The molecule has 3 aromatic rings. The Hall–Kier alpha value is -3.91. The lowest BCUT2D eigenvalue weighted by atomic mass is 9.99. The number of hydrogen-bond donors (Lipinski definition) is 1. The molecule has 36 heavy (non-hydrogen) atoms. The summed E-state index contributed by atoms with van der Waals surface area (Å²) in [5, 5.41) is 9.50. The Morgan fingerprint density at radius 2 is 1.72 bits per heavy atom. The number of nitrogens with zero attached hydrogens (tertiary/aromatic N) is 3. The van der Waals surface area contributed by atoms with Crippen LogP contribution in [0.1, 0.15) is 36.9 Å². The first kappa shape index (κ1) is 23.8. The summed E-state index contributed by atoms with van der Waals surface area (Å²) < 4.78 is 5.43. The van der Waals surface area contributed by atoms with Crippen molar-refractivity contribution in [3.05, 3.63) is 96.1 Å². The summed E-state index contributed by atoms with van der Waals surface area (Å²) in [5.74, 6) is 0.187. The van der Waals surface area contributed by atoms with Gasteiger partial charge in [-0.1, -0.05) is 72.4 Å². The van der Waals surface area contributed by atoms with Gasteiger partial charge in [-0.3, -0.25) is 9.59 Å². The number of carbonyl (C=O) groups excluding carboxylic acids is 2. The molecule has 2 amide bonds. The monoisotopic (exact) mass is 498 g/mol. The minimum absolute atomic E-state index is 0.0306. The van der Waals surface area contributed by atoms with Gasteiger partial charge in [0.25, 0.3) is 5.91 Å². The quantitative estimate of drug-likeness (QED) is 0.480. The van der Waals surface area contributed by atoms with Gasteiger partial charge in [0.05, 0.1) is 18.4 Å². The van der Waals surface area contributed by atoms with E-state index < -0.39 is 5.25 Å². The molecule has 3 aromatic carbocycles. The van der Waals surface area contributed by atoms with Crippen LogP contribution < -0.4 is 10.1 Å². The molecule has 0 saturated carbocycles. The summed E-state index contributed by atoms with van der Waals surface area (Å²) in [7, 11) is 0. The van der Waals surface area contributed by atoms with E-state index in [2.05, 4.69) is 22.4 Å². The Labute approximate surface area is 214 Å². The summed E-state index contributed by atoms with van der Waals surface area (Å²) in [5.41, 5.74) is 3.74. The van der Waals surface area contributed by atoms with Crippen LogP contribution in [-0.4, -0.2) is 39.6 Å². The van der Waals surface area contributed by atoms with Crippen LogP contribution in [0.2, 0.25) is 0 Å². The fourth-order valence-corrected chi connectivity index (χ4v) is 5.27. The molecule has 0 aliphatic carbocycles. The number of rotatable bonds is 7. The van der Waals surface area contributed by atoms with Gasteiger partial charge in [0.1, 0.15) is 11.0 Å². The Bertz CT molecular complexity index is 1290. The summed E-state index contributed by atoms with van der Waals surface area (Å²) in [6.45, 7) is 2.49. The highest BCUT2D eigenvalue weighted by Gasteiger charge is 2.39. The van der Waals surface area contributed by atoms with Crippen LogP contribution >= 0.6 is 11.8 Å². The van der Waals surface area contributed by atoms with E-state index in [4.69, 9.17) is 9.84 Å². The highest BCUT2D eigenvalue weighted by Crippen LogP contribution is 2.38. The number of benzene rings is 3. The Balaban J connectivity index is 1.29. The zero-order chi connectivity index (χ0) is 24.9. The SMILES string of the molecule is CCOc1ccc(NC(=O)C[C@H]2SC(N3N=C(c4ccccc4)C[C@H]3c3ccccc3)=NC2=O)cc1. The summed E-state index contributed by atoms with van der Waals surface area (Å²) in [6.07, 6.45) is 0.730. The van der Waals surface area contributed by atoms with Crippen molar-refractivity contribution in [1.82, 2.24) is 5.01 Å². The average molecular weight is 499 g/mol. The zero-order valence-electron chi connectivity index (χ0n) is 19.8. The number of ether oxygens (including phenoxy) is 1. The Morgan fingerprint density at radius 3 is 2.42 bits per heavy atom. The van der Waals surface area contributed by atoms with Crippen molar-refractivity contribution in [2.24, 2.45) is 10.1 Å². The zero-order valence-corrected chi connectivity index (χ0v) is 20.7. The fraction of sp³-hybridized carbons (Fsp3) is 0.214. The van der Waals surface area contributed by atoms with Crippen molar-refractivity contribution in [1.29, 1.82) is 0 Å². The lowest BCUT2D eigenvalue weighted by Gasteiger charge is -2.23. The summed E-state index contributed by atoms with van der Waals surface area (Å²) >= 11 is 1.30. The van der Waals surface area contributed by atoms with Gasteiger partial charge < -0.3 is 10.1 Å². The second-order valence-electron chi connectivity index (χ2n) is 8.44. The maximum Gasteiger partial charge on any atom is 0.262 e. The van der Waals surface area contributed by atoms with Crippen molar-refractivity contribution in [3.63, 3.8) is 0 Å². The number of hydrogen-bond acceptors (Lipinski definition) is 6. The molecule has 8 heteroatoms. The Morgan fingerprint density at radius 1 is 1.03 bits per heavy atom. The lowest BCUT2D eigenvalue weighted by Crippen LogP contribution is -2.25. The number of carbonyl (C=O) groups is 2.